The van der Waals surface area contributed by atoms with E-state index < -0.39 is 0 Å². The van der Waals surface area contributed by atoms with Crippen molar-refractivity contribution >= 4 is 5.78 Å². The van der Waals surface area contributed by atoms with Crippen molar-refractivity contribution in [2.45, 2.75) is 46.5 Å². The van der Waals surface area contributed by atoms with Gasteiger partial charge in [0, 0.05) is 18.9 Å². The molecule has 1 aromatic rings. The van der Waals surface area contributed by atoms with Crippen molar-refractivity contribution in [3.63, 3.8) is 0 Å². The van der Waals surface area contributed by atoms with E-state index in [9.17, 15) is 4.79 Å². The summed E-state index contributed by atoms with van der Waals surface area (Å²) in [5.41, 5.74) is 8.22. The number of benzene rings is 1. The van der Waals surface area contributed by atoms with Crippen molar-refractivity contribution in [2.24, 2.45) is 17.6 Å². The number of carbonyl (C=O) groups is 1. The first-order chi connectivity index (χ1) is 8.75. The van der Waals surface area contributed by atoms with Crippen LogP contribution in [0.25, 0.3) is 0 Å². The molecule has 0 aromatic heterocycles. The van der Waals surface area contributed by atoms with Gasteiger partial charge in [-0.1, -0.05) is 58.9 Å². The first kappa shape index (κ1) is 15.9. The van der Waals surface area contributed by atoms with Crippen molar-refractivity contribution < 1.29 is 4.79 Å². The van der Waals surface area contributed by atoms with Gasteiger partial charge in [-0.25, -0.2) is 0 Å². The maximum atomic E-state index is 12.2. The highest BCUT2D eigenvalue weighted by Crippen LogP contribution is 2.23. The lowest BCUT2D eigenvalue weighted by Crippen LogP contribution is -2.29. The van der Waals surface area contributed by atoms with Gasteiger partial charge in [-0.15, -0.1) is 0 Å². The van der Waals surface area contributed by atoms with Gasteiger partial charge in [0.2, 0.25) is 0 Å². The largest absolute Gasteiger partial charge is 0.330 e. The summed E-state index contributed by atoms with van der Waals surface area (Å²) >= 11 is 0. The molecule has 1 atom stereocenters. The molecule has 0 saturated heterocycles. The van der Waals surface area contributed by atoms with E-state index in [1.807, 2.05) is 0 Å². The third kappa shape index (κ3) is 4.46. The number of nitrogens with two attached hydrogens (primary N) is 1. The van der Waals surface area contributed by atoms with Crippen LogP contribution >= 0.6 is 0 Å². The van der Waals surface area contributed by atoms with Crippen LogP contribution < -0.4 is 5.73 Å². The van der Waals surface area contributed by atoms with Crippen molar-refractivity contribution in [1.82, 2.24) is 0 Å². The molecule has 2 heteroatoms. The molecule has 0 saturated carbocycles. The standard InChI is InChI=1S/C17H27NO/c1-12(2)15(11-18)16(19)10-13-6-8-14(9-7-13)17(3,4)5/h6-9,12,15H,10-11,18H2,1-5H3. The molecule has 1 rings (SSSR count). The molecule has 0 aliphatic heterocycles. The second-order valence-electron chi connectivity index (χ2n) is 6.68. The minimum absolute atomic E-state index is 0.0257. The third-order valence-electron chi connectivity index (χ3n) is 3.67. The number of Topliss-reactive ketones (excluding diaryl/α,β-unsaturated/α-hetero) is 1. The van der Waals surface area contributed by atoms with E-state index in [0.29, 0.717) is 18.9 Å². The molecule has 1 unspecified atom stereocenters. The molecule has 0 fully saturated rings. The predicted octanol–water partition coefficient (Wildman–Crippen LogP) is 3.33. The molecular weight excluding hydrogens is 234 g/mol. The van der Waals surface area contributed by atoms with Gasteiger partial charge in [-0.2, -0.15) is 0 Å². The molecule has 1 aromatic carbocycles. The molecule has 0 amide bonds. The number of carbonyl (C=O) groups excluding carboxylic acids is 1. The van der Waals surface area contributed by atoms with Crippen LogP contribution in [0, 0.1) is 11.8 Å². The highest BCUT2D eigenvalue weighted by atomic mass is 16.1. The fraction of sp³-hybridized carbons (Fsp3) is 0.588. The molecular formula is C17H27NO. The maximum Gasteiger partial charge on any atom is 0.141 e. The molecule has 2 nitrogen and oxygen atoms in total. The van der Waals surface area contributed by atoms with E-state index in [-0.39, 0.29) is 17.1 Å². The van der Waals surface area contributed by atoms with Gasteiger partial charge in [0.05, 0.1) is 0 Å². The number of hydrogen-bond donors (Lipinski definition) is 1. The zero-order valence-electron chi connectivity index (χ0n) is 12.9. The Kier molecular flexibility index (Phi) is 5.30. The first-order valence-electron chi connectivity index (χ1n) is 7.08. The highest BCUT2D eigenvalue weighted by Gasteiger charge is 2.20. The van der Waals surface area contributed by atoms with E-state index in [1.165, 1.54) is 5.56 Å². The number of ketones is 1. The summed E-state index contributed by atoms with van der Waals surface area (Å²) in [6.07, 6.45) is 0.491. The summed E-state index contributed by atoms with van der Waals surface area (Å²) < 4.78 is 0. The SMILES string of the molecule is CC(C)C(CN)C(=O)Cc1ccc(C(C)(C)C)cc1. The minimum Gasteiger partial charge on any atom is -0.330 e. The fourth-order valence-electron chi connectivity index (χ4n) is 2.23. The average molecular weight is 261 g/mol. The summed E-state index contributed by atoms with van der Waals surface area (Å²) in [7, 11) is 0. The molecule has 19 heavy (non-hydrogen) atoms. The summed E-state index contributed by atoms with van der Waals surface area (Å²) in [4.78, 5) is 12.2. The zero-order valence-corrected chi connectivity index (χ0v) is 12.9. The molecule has 0 radical (unpaired) electrons. The zero-order chi connectivity index (χ0) is 14.6. The quantitative estimate of drug-likeness (QED) is 0.883. The van der Waals surface area contributed by atoms with Gasteiger partial charge < -0.3 is 5.73 Å². The second-order valence-corrected chi connectivity index (χ2v) is 6.68. The monoisotopic (exact) mass is 261 g/mol. The Labute approximate surface area is 117 Å². The Morgan fingerprint density at radius 1 is 1.16 bits per heavy atom. The number of rotatable bonds is 5. The smallest absolute Gasteiger partial charge is 0.141 e. The van der Waals surface area contributed by atoms with Crippen LogP contribution in [-0.4, -0.2) is 12.3 Å². The van der Waals surface area contributed by atoms with Crippen LogP contribution in [-0.2, 0) is 16.6 Å². The fourth-order valence-corrected chi connectivity index (χ4v) is 2.23. The van der Waals surface area contributed by atoms with Gasteiger partial charge in [0.15, 0.2) is 0 Å². The molecule has 0 heterocycles. The Balaban J connectivity index is 2.76. The second kappa shape index (κ2) is 6.33. The van der Waals surface area contributed by atoms with Crippen LogP contribution in [0.4, 0.5) is 0 Å². The Morgan fingerprint density at radius 3 is 2.05 bits per heavy atom. The molecule has 2 N–H and O–H groups in total. The molecule has 0 spiro atoms. The Hall–Kier alpha value is -1.15. The van der Waals surface area contributed by atoms with E-state index >= 15 is 0 Å². The van der Waals surface area contributed by atoms with Gasteiger partial charge in [-0.05, 0) is 22.5 Å². The minimum atomic E-state index is -0.0257. The van der Waals surface area contributed by atoms with Gasteiger partial charge >= 0.3 is 0 Å². The summed E-state index contributed by atoms with van der Waals surface area (Å²) in [5.74, 6) is 0.537. The molecule has 106 valence electrons. The highest BCUT2D eigenvalue weighted by molar-refractivity contribution is 5.83. The predicted molar refractivity (Wildman–Crippen MR) is 81.2 cm³/mol. The van der Waals surface area contributed by atoms with Gasteiger partial charge in [0.25, 0.3) is 0 Å². The van der Waals surface area contributed by atoms with E-state index in [0.717, 1.165) is 5.56 Å². The van der Waals surface area contributed by atoms with Crippen LogP contribution in [0.3, 0.4) is 0 Å². The van der Waals surface area contributed by atoms with E-state index in [2.05, 4.69) is 58.9 Å². The van der Waals surface area contributed by atoms with Gasteiger partial charge in [0.1, 0.15) is 5.78 Å². The van der Waals surface area contributed by atoms with E-state index in [4.69, 9.17) is 5.73 Å². The first-order valence-corrected chi connectivity index (χ1v) is 7.08. The maximum absolute atomic E-state index is 12.2. The molecule has 0 bridgehead atoms. The summed E-state index contributed by atoms with van der Waals surface area (Å²) in [6.45, 7) is 11.1. The lowest BCUT2D eigenvalue weighted by molar-refractivity contribution is -0.123. The van der Waals surface area contributed by atoms with Crippen LogP contribution in [0.15, 0.2) is 24.3 Å². The lowest BCUT2D eigenvalue weighted by atomic mass is 9.85. The summed E-state index contributed by atoms with van der Waals surface area (Å²) in [6, 6.07) is 8.36. The third-order valence-corrected chi connectivity index (χ3v) is 3.67. The number of hydrogen-bond acceptors (Lipinski definition) is 2. The van der Waals surface area contributed by atoms with Crippen molar-refractivity contribution in [1.29, 1.82) is 0 Å². The Bertz CT molecular complexity index is 412. The average Bonchev–Trinajstić information content (AvgIpc) is 2.28. The van der Waals surface area contributed by atoms with E-state index in [1.54, 1.807) is 0 Å². The molecule has 0 aliphatic carbocycles. The van der Waals surface area contributed by atoms with Crippen molar-refractivity contribution in [3.8, 4) is 0 Å². The normalized spacial score (nSPS) is 13.6. The van der Waals surface area contributed by atoms with Crippen LogP contribution in [0.2, 0.25) is 0 Å². The molecule has 0 aliphatic rings. The van der Waals surface area contributed by atoms with Crippen LogP contribution in [0.5, 0.6) is 0 Å². The van der Waals surface area contributed by atoms with Gasteiger partial charge in [-0.3, -0.25) is 4.79 Å². The lowest BCUT2D eigenvalue weighted by Gasteiger charge is -2.20. The van der Waals surface area contributed by atoms with Crippen molar-refractivity contribution in [2.75, 3.05) is 6.54 Å². The van der Waals surface area contributed by atoms with Crippen LogP contribution in [0.1, 0.15) is 45.7 Å². The Morgan fingerprint density at radius 2 is 1.68 bits per heavy atom. The summed E-state index contributed by atoms with van der Waals surface area (Å²) in [5, 5.41) is 0. The van der Waals surface area contributed by atoms with Crippen molar-refractivity contribution in [3.05, 3.63) is 35.4 Å². The topological polar surface area (TPSA) is 43.1 Å².